The fourth-order valence-electron chi connectivity index (χ4n) is 1.97. The second kappa shape index (κ2) is 4.52. The molecule has 2 heterocycles. The SMILES string of the molecule is O=C(NC[C@@H]1C[C@H]1c1ccco1)Nc1cn[nH]n1. The molecule has 2 aromatic rings. The molecule has 2 amide bonds. The van der Waals surface area contributed by atoms with E-state index in [0.717, 1.165) is 12.2 Å². The van der Waals surface area contributed by atoms with E-state index < -0.39 is 0 Å². The summed E-state index contributed by atoms with van der Waals surface area (Å²) in [5.74, 6) is 2.30. The maximum Gasteiger partial charge on any atom is 0.320 e. The monoisotopic (exact) mass is 247 g/mol. The van der Waals surface area contributed by atoms with E-state index in [1.54, 1.807) is 6.26 Å². The van der Waals surface area contributed by atoms with Gasteiger partial charge in [0.2, 0.25) is 0 Å². The highest BCUT2D eigenvalue weighted by Crippen LogP contribution is 2.46. The van der Waals surface area contributed by atoms with Gasteiger partial charge in [-0.25, -0.2) is 4.79 Å². The van der Waals surface area contributed by atoms with Gasteiger partial charge in [0.1, 0.15) is 5.76 Å². The third-order valence-corrected chi connectivity index (χ3v) is 3.01. The van der Waals surface area contributed by atoms with E-state index in [2.05, 4.69) is 26.0 Å². The van der Waals surface area contributed by atoms with Gasteiger partial charge in [0.15, 0.2) is 5.82 Å². The van der Waals surface area contributed by atoms with Crippen molar-refractivity contribution in [3.05, 3.63) is 30.4 Å². The lowest BCUT2D eigenvalue weighted by Crippen LogP contribution is -2.30. The first-order valence-corrected chi connectivity index (χ1v) is 5.77. The minimum Gasteiger partial charge on any atom is -0.469 e. The highest BCUT2D eigenvalue weighted by molar-refractivity contribution is 5.87. The third kappa shape index (κ3) is 2.34. The number of rotatable bonds is 4. The first-order chi connectivity index (χ1) is 8.83. The molecule has 2 aromatic heterocycles. The van der Waals surface area contributed by atoms with Gasteiger partial charge in [0.25, 0.3) is 0 Å². The van der Waals surface area contributed by atoms with Crippen LogP contribution in [0.1, 0.15) is 18.1 Å². The molecular weight excluding hydrogens is 234 g/mol. The number of furan rings is 1. The van der Waals surface area contributed by atoms with E-state index in [1.807, 2.05) is 12.1 Å². The summed E-state index contributed by atoms with van der Waals surface area (Å²) in [7, 11) is 0. The molecular formula is C11H13N5O2. The molecule has 1 fully saturated rings. The van der Waals surface area contributed by atoms with Gasteiger partial charge in [-0.05, 0) is 24.5 Å². The smallest absolute Gasteiger partial charge is 0.320 e. The fraction of sp³-hybridized carbons (Fsp3) is 0.364. The molecule has 1 aliphatic carbocycles. The minimum atomic E-state index is -0.269. The zero-order valence-electron chi connectivity index (χ0n) is 9.59. The largest absolute Gasteiger partial charge is 0.469 e. The van der Waals surface area contributed by atoms with Crippen molar-refractivity contribution in [3.63, 3.8) is 0 Å². The van der Waals surface area contributed by atoms with E-state index in [0.29, 0.717) is 24.2 Å². The Morgan fingerprint density at radius 3 is 3.28 bits per heavy atom. The van der Waals surface area contributed by atoms with Crippen molar-refractivity contribution in [2.75, 3.05) is 11.9 Å². The van der Waals surface area contributed by atoms with Crippen molar-refractivity contribution < 1.29 is 9.21 Å². The maximum atomic E-state index is 11.5. The number of anilines is 1. The van der Waals surface area contributed by atoms with Gasteiger partial charge < -0.3 is 9.73 Å². The van der Waals surface area contributed by atoms with E-state index >= 15 is 0 Å². The van der Waals surface area contributed by atoms with Gasteiger partial charge in [0, 0.05) is 12.5 Å². The summed E-state index contributed by atoms with van der Waals surface area (Å²) >= 11 is 0. The highest BCUT2D eigenvalue weighted by Gasteiger charge is 2.40. The summed E-state index contributed by atoms with van der Waals surface area (Å²) in [6.07, 6.45) is 4.18. The van der Waals surface area contributed by atoms with Crippen molar-refractivity contribution in [2.45, 2.75) is 12.3 Å². The molecule has 7 nitrogen and oxygen atoms in total. The average Bonchev–Trinajstić information content (AvgIpc) is 2.83. The predicted molar refractivity (Wildman–Crippen MR) is 63.0 cm³/mol. The number of nitrogens with zero attached hydrogens (tertiary/aromatic N) is 2. The van der Waals surface area contributed by atoms with Crippen molar-refractivity contribution in [3.8, 4) is 0 Å². The number of aromatic nitrogens is 3. The number of H-pyrrole nitrogens is 1. The van der Waals surface area contributed by atoms with Gasteiger partial charge in [-0.3, -0.25) is 5.32 Å². The number of hydrogen-bond acceptors (Lipinski definition) is 4. The van der Waals surface area contributed by atoms with Crippen LogP contribution >= 0.6 is 0 Å². The molecule has 18 heavy (non-hydrogen) atoms. The van der Waals surface area contributed by atoms with Crippen molar-refractivity contribution in [2.24, 2.45) is 5.92 Å². The first-order valence-electron chi connectivity index (χ1n) is 5.77. The molecule has 0 bridgehead atoms. The van der Waals surface area contributed by atoms with Crippen LogP contribution in [0.3, 0.4) is 0 Å². The maximum absolute atomic E-state index is 11.5. The molecule has 3 N–H and O–H groups in total. The number of amides is 2. The molecule has 3 rings (SSSR count). The molecule has 7 heteroatoms. The van der Waals surface area contributed by atoms with Crippen LogP contribution in [0.15, 0.2) is 29.0 Å². The summed E-state index contributed by atoms with van der Waals surface area (Å²) in [5, 5.41) is 15.1. The van der Waals surface area contributed by atoms with E-state index in [4.69, 9.17) is 4.42 Å². The number of carbonyl (C=O) groups is 1. The number of urea groups is 1. The summed E-state index contributed by atoms with van der Waals surface area (Å²) in [6, 6.07) is 3.59. The van der Waals surface area contributed by atoms with Crippen LogP contribution < -0.4 is 10.6 Å². The van der Waals surface area contributed by atoms with Gasteiger partial charge >= 0.3 is 6.03 Å². The Kier molecular flexibility index (Phi) is 2.71. The normalized spacial score (nSPS) is 21.6. The lowest BCUT2D eigenvalue weighted by atomic mass is 10.2. The molecule has 0 aromatic carbocycles. The van der Waals surface area contributed by atoms with Crippen LogP contribution in [0.2, 0.25) is 0 Å². The molecule has 0 radical (unpaired) electrons. The first kappa shape index (κ1) is 10.8. The lowest BCUT2D eigenvalue weighted by Gasteiger charge is -2.04. The number of carbonyl (C=O) groups excluding carboxylic acids is 1. The molecule has 2 atom stereocenters. The van der Waals surface area contributed by atoms with Gasteiger partial charge in [-0.1, -0.05) is 0 Å². The van der Waals surface area contributed by atoms with E-state index in [-0.39, 0.29) is 6.03 Å². The van der Waals surface area contributed by atoms with Crippen LogP contribution in [-0.4, -0.2) is 28.0 Å². The lowest BCUT2D eigenvalue weighted by molar-refractivity contribution is 0.251. The Hall–Kier alpha value is -2.31. The Labute approximate surface area is 103 Å². The van der Waals surface area contributed by atoms with Crippen LogP contribution in [-0.2, 0) is 0 Å². The Balaban J connectivity index is 1.42. The molecule has 94 valence electrons. The molecule has 0 saturated heterocycles. The average molecular weight is 247 g/mol. The topological polar surface area (TPSA) is 95.8 Å². The predicted octanol–water partition coefficient (Wildman–Crippen LogP) is 1.32. The highest BCUT2D eigenvalue weighted by atomic mass is 16.3. The number of nitrogens with one attached hydrogen (secondary N) is 3. The second-order valence-electron chi connectivity index (χ2n) is 4.31. The molecule has 0 aliphatic heterocycles. The van der Waals surface area contributed by atoms with Crippen LogP contribution in [0.25, 0.3) is 0 Å². The van der Waals surface area contributed by atoms with Gasteiger partial charge in [0.05, 0.1) is 12.5 Å². The summed E-state index contributed by atoms with van der Waals surface area (Å²) in [4.78, 5) is 11.5. The van der Waals surface area contributed by atoms with Crippen LogP contribution in [0.5, 0.6) is 0 Å². The van der Waals surface area contributed by atoms with Crippen LogP contribution in [0.4, 0.5) is 10.6 Å². The molecule has 1 aliphatic rings. The Morgan fingerprint density at radius 1 is 1.61 bits per heavy atom. The summed E-state index contributed by atoms with van der Waals surface area (Å²) < 4.78 is 5.33. The second-order valence-corrected chi connectivity index (χ2v) is 4.31. The zero-order chi connectivity index (χ0) is 12.4. The molecule has 1 saturated carbocycles. The van der Waals surface area contributed by atoms with E-state index in [9.17, 15) is 4.79 Å². The Bertz CT molecular complexity index is 508. The van der Waals surface area contributed by atoms with Crippen molar-refractivity contribution in [1.29, 1.82) is 0 Å². The third-order valence-electron chi connectivity index (χ3n) is 3.01. The summed E-state index contributed by atoms with van der Waals surface area (Å²) in [6.45, 7) is 0.634. The number of aromatic amines is 1. The van der Waals surface area contributed by atoms with E-state index in [1.165, 1.54) is 6.20 Å². The van der Waals surface area contributed by atoms with Crippen LogP contribution in [0, 0.1) is 5.92 Å². The number of hydrogen-bond donors (Lipinski definition) is 3. The minimum absolute atomic E-state index is 0.269. The molecule has 0 unspecified atom stereocenters. The van der Waals surface area contributed by atoms with Gasteiger partial charge in [-0.2, -0.15) is 10.3 Å². The standard InChI is InChI=1S/C11H13N5O2/c17-11(14-10-6-13-16-15-10)12-5-7-4-8(7)9-2-1-3-18-9/h1-3,6-8H,4-5H2,(H3,12,13,14,15,16,17)/t7-,8+/m0/s1. The summed E-state index contributed by atoms with van der Waals surface area (Å²) in [5.41, 5.74) is 0. The fourth-order valence-corrected chi connectivity index (χ4v) is 1.97. The van der Waals surface area contributed by atoms with Crippen molar-refractivity contribution in [1.82, 2.24) is 20.7 Å². The molecule has 0 spiro atoms. The Morgan fingerprint density at radius 2 is 2.56 bits per heavy atom. The zero-order valence-corrected chi connectivity index (χ0v) is 9.59. The van der Waals surface area contributed by atoms with Crippen molar-refractivity contribution >= 4 is 11.8 Å². The van der Waals surface area contributed by atoms with Gasteiger partial charge in [-0.15, -0.1) is 5.10 Å². The quantitative estimate of drug-likeness (QED) is 0.759.